The number of aryl methyl sites for hydroxylation is 2. The zero-order valence-electron chi connectivity index (χ0n) is 16.8. The highest BCUT2D eigenvalue weighted by molar-refractivity contribution is 7.90. The molecule has 158 valence electrons. The zero-order chi connectivity index (χ0) is 21.7. The molecule has 1 heterocycles. The number of carbonyl (C=O) groups excluding carboxylic acids is 1. The Labute approximate surface area is 178 Å². The van der Waals surface area contributed by atoms with Crippen molar-refractivity contribution in [3.8, 4) is 5.75 Å². The number of aromatic nitrogens is 2. The summed E-state index contributed by atoms with van der Waals surface area (Å²) < 4.78 is 35.8. The highest BCUT2D eigenvalue weighted by Crippen LogP contribution is 2.16. The van der Waals surface area contributed by atoms with E-state index in [0.29, 0.717) is 23.1 Å². The fourth-order valence-corrected chi connectivity index (χ4v) is 4.53. The first-order valence-corrected chi connectivity index (χ1v) is 11.5. The van der Waals surface area contributed by atoms with Gasteiger partial charge in [0.05, 0.1) is 11.5 Å². The number of carbonyl (C=O) groups is 1. The largest absolute Gasteiger partial charge is 0.494 e. The van der Waals surface area contributed by atoms with Gasteiger partial charge in [0.2, 0.25) is 10.7 Å². The van der Waals surface area contributed by atoms with E-state index in [1.165, 1.54) is 16.8 Å². The van der Waals surface area contributed by atoms with Crippen molar-refractivity contribution < 1.29 is 17.9 Å². The van der Waals surface area contributed by atoms with Crippen molar-refractivity contribution in [3.63, 3.8) is 0 Å². The molecule has 0 unspecified atom stereocenters. The molecule has 0 saturated carbocycles. The third-order valence-corrected chi connectivity index (χ3v) is 6.24. The van der Waals surface area contributed by atoms with E-state index in [-0.39, 0.29) is 22.1 Å². The van der Waals surface area contributed by atoms with Gasteiger partial charge < -0.3 is 10.1 Å². The third-order valence-electron chi connectivity index (χ3n) is 3.98. The topological polar surface area (TPSA) is 103 Å². The minimum atomic E-state index is -3.92. The van der Waals surface area contributed by atoms with Crippen molar-refractivity contribution in [1.29, 1.82) is 0 Å². The molecule has 3 rings (SSSR count). The van der Waals surface area contributed by atoms with E-state index >= 15 is 0 Å². The molecular weight excluding hydrogens is 424 g/mol. The molecule has 0 fully saturated rings. The maximum absolute atomic E-state index is 12.6. The van der Waals surface area contributed by atoms with Gasteiger partial charge >= 0.3 is 0 Å². The summed E-state index contributed by atoms with van der Waals surface area (Å²) in [5.41, 5.74) is 1.55. The molecular formula is C20H22N4O4S2. The van der Waals surface area contributed by atoms with E-state index < -0.39 is 10.0 Å². The van der Waals surface area contributed by atoms with Crippen LogP contribution in [0.25, 0.3) is 0 Å². The van der Waals surface area contributed by atoms with Crippen LogP contribution in [0.15, 0.2) is 57.8 Å². The van der Waals surface area contributed by atoms with Crippen LogP contribution in [0.4, 0.5) is 5.69 Å². The number of benzene rings is 2. The number of sulfonamides is 1. The van der Waals surface area contributed by atoms with E-state index in [1.54, 1.807) is 43.3 Å². The van der Waals surface area contributed by atoms with Gasteiger partial charge in [0.15, 0.2) is 0 Å². The second-order valence-corrected chi connectivity index (χ2v) is 9.21. The third kappa shape index (κ3) is 5.55. The molecule has 1 N–H and O–H groups in total. The van der Waals surface area contributed by atoms with Crippen molar-refractivity contribution in [2.24, 2.45) is 4.40 Å². The van der Waals surface area contributed by atoms with Crippen LogP contribution in [0.5, 0.6) is 5.75 Å². The number of nitrogens with zero attached hydrogens (tertiary/aromatic N) is 3. The first-order chi connectivity index (χ1) is 14.3. The maximum atomic E-state index is 12.6. The zero-order valence-corrected chi connectivity index (χ0v) is 18.5. The first-order valence-electron chi connectivity index (χ1n) is 9.22. The molecule has 8 nitrogen and oxygen atoms in total. The van der Waals surface area contributed by atoms with Crippen LogP contribution in [0.2, 0.25) is 0 Å². The van der Waals surface area contributed by atoms with Crippen molar-refractivity contribution in [3.05, 3.63) is 63.9 Å². The normalized spacial score (nSPS) is 12.0. The SMILES string of the molecule is CCOc1ccc(NC(=O)Cn2nc(C)s/c2=N\S(=O)(=O)c2ccc(C)cc2)cc1. The Bertz CT molecular complexity index is 1190. The molecule has 0 saturated heterocycles. The van der Waals surface area contributed by atoms with Crippen LogP contribution in [0.3, 0.4) is 0 Å². The molecule has 0 aliphatic carbocycles. The second kappa shape index (κ2) is 9.23. The van der Waals surface area contributed by atoms with Gasteiger partial charge in [-0.25, -0.2) is 4.68 Å². The summed E-state index contributed by atoms with van der Waals surface area (Å²) >= 11 is 1.10. The fourth-order valence-electron chi connectivity index (χ4n) is 2.59. The van der Waals surface area contributed by atoms with Crippen molar-refractivity contribution in [1.82, 2.24) is 9.78 Å². The fraction of sp³-hybridized carbons (Fsp3) is 0.250. The molecule has 3 aromatic rings. The van der Waals surface area contributed by atoms with Gasteiger partial charge in [-0.3, -0.25) is 4.79 Å². The van der Waals surface area contributed by atoms with Gasteiger partial charge in [0, 0.05) is 5.69 Å². The Morgan fingerprint density at radius 3 is 2.43 bits per heavy atom. The number of hydrogen-bond acceptors (Lipinski definition) is 6. The van der Waals surface area contributed by atoms with E-state index in [0.717, 1.165) is 16.9 Å². The Morgan fingerprint density at radius 2 is 1.80 bits per heavy atom. The lowest BCUT2D eigenvalue weighted by Gasteiger charge is -2.07. The van der Waals surface area contributed by atoms with Crippen LogP contribution in [-0.2, 0) is 21.4 Å². The summed E-state index contributed by atoms with van der Waals surface area (Å²) in [5.74, 6) is 0.362. The molecule has 2 aromatic carbocycles. The maximum Gasteiger partial charge on any atom is 0.285 e. The minimum absolute atomic E-state index is 0.0875. The summed E-state index contributed by atoms with van der Waals surface area (Å²) in [5, 5.41) is 7.57. The Morgan fingerprint density at radius 1 is 1.13 bits per heavy atom. The summed E-state index contributed by atoms with van der Waals surface area (Å²) in [6.45, 7) is 5.88. The Balaban J connectivity index is 1.80. The molecule has 0 bridgehead atoms. The van der Waals surface area contributed by atoms with E-state index in [1.807, 2.05) is 13.8 Å². The van der Waals surface area contributed by atoms with E-state index in [9.17, 15) is 13.2 Å². The molecule has 0 radical (unpaired) electrons. The highest BCUT2D eigenvalue weighted by atomic mass is 32.2. The molecule has 10 heteroatoms. The number of hydrogen-bond donors (Lipinski definition) is 1. The van der Waals surface area contributed by atoms with Crippen molar-refractivity contribution in [2.75, 3.05) is 11.9 Å². The van der Waals surface area contributed by atoms with Crippen LogP contribution < -0.4 is 14.9 Å². The molecule has 0 spiro atoms. The number of rotatable bonds is 7. The van der Waals surface area contributed by atoms with Gasteiger partial charge in [-0.05, 0) is 57.2 Å². The summed E-state index contributed by atoms with van der Waals surface area (Å²) in [7, 11) is -3.92. The van der Waals surface area contributed by atoms with Crippen LogP contribution in [0.1, 0.15) is 17.5 Å². The van der Waals surface area contributed by atoms with Crippen LogP contribution in [-0.4, -0.2) is 30.7 Å². The summed E-state index contributed by atoms with van der Waals surface area (Å²) in [6, 6.07) is 13.4. The number of amides is 1. The first kappa shape index (κ1) is 21.7. The Kier molecular flexibility index (Phi) is 6.68. The lowest BCUT2D eigenvalue weighted by atomic mass is 10.2. The molecule has 30 heavy (non-hydrogen) atoms. The van der Waals surface area contributed by atoms with Crippen molar-refractivity contribution in [2.45, 2.75) is 32.2 Å². The molecule has 0 aliphatic rings. The second-order valence-electron chi connectivity index (χ2n) is 6.45. The van der Waals surface area contributed by atoms with Crippen LogP contribution >= 0.6 is 11.3 Å². The minimum Gasteiger partial charge on any atom is -0.494 e. The molecule has 0 aliphatic heterocycles. The van der Waals surface area contributed by atoms with Gasteiger partial charge in [-0.1, -0.05) is 29.0 Å². The lowest BCUT2D eigenvalue weighted by Crippen LogP contribution is -2.27. The standard InChI is InChI=1S/C20H22N4O4S2/c1-4-28-17-9-7-16(8-10-17)21-19(25)13-24-20(29-15(3)22-24)23-30(26,27)18-11-5-14(2)6-12-18/h5-12H,4,13H2,1-3H3,(H,21,25)/b23-20-. The van der Waals surface area contributed by atoms with Gasteiger partial charge in [0.25, 0.3) is 10.0 Å². The molecule has 0 atom stereocenters. The lowest BCUT2D eigenvalue weighted by molar-refractivity contribution is -0.117. The predicted octanol–water partition coefficient (Wildman–Crippen LogP) is 2.89. The van der Waals surface area contributed by atoms with Crippen LogP contribution in [0, 0.1) is 13.8 Å². The van der Waals surface area contributed by atoms with Gasteiger partial charge in [-0.2, -0.15) is 13.5 Å². The predicted molar refractivity (Wildman–Crippen MR) is 115 cm³/mol. The highest BCUT2D eigenvalue weighted by Gasteiger charge is 2.15. The quantitative estimate of drug-likeness (QED) is 0.601. The smallest absolute Gasteiger partial charge is 0.285 e. The summed E-state index contributed by atoms with van der Waals surface area (Å²) in [4.78, 5) is 12.7. The Hall–Kier alpha value is -2.98. The molecule has 1 aromatic heterocycles. The van der Waals surface area contributed by atoms with Gasteiger partial charge in [0.1, 0.15) is 17.3 Å². The number of anilines is 1. The number of ether oxygens (including phenoxy) is 1. The van der Waals surface area contributed by atoms with Gasteiger partial charge in [-0.15, -0.1) is 4.40 Å². The monoisotopic (exact) mass is 446 g/mol. The van der Waals surface area contributed by atoms with E-state index in [2.05, 4.69) is 14.8 Å². The summed E-state index contributed by atoms with van der Waals surface area (Å²) in [6.07, 6.45) is 0. The number of nitrogens with one attached hydrogen (secondary N) is 1. The average Bonchev–Trinajstić information content (AvgIpc) is 3.01. The average molecular weight is 447 g/mol. The van der Waals surface area contributed by atoms with Crippen molar-refractivity contribution >= 4 is 33.0 Å². The molecule has 1 amide bonds. The van der Waals surface area contributed by atoms with E-state index in [4.69, 9.17) is 4.74 Å².